The van der Waals surface area contributed by atoms with Crippen molar-refractivity contribution in [1.29, 1.82) is 0 Å². The molecular weight excluding hydrogens is 297 g/mol. The summed E-state index contributed by atoms with van der Waals surface area (Å²) in [4.78, 5) is 6.49. The maximum atomic E-state index is 11.6. The van der Waals surface area contributed by atoms with E-state index in [0.717, 1.165) is 35.0 Å². The van der Waals surface area contributed by atoms with Gasteiger partial charge in [-0.25, -0.2) is 13.1 Å². The summed E-state index contributed by atoms with van der Waals surface area (Å²) >= 11 is 0. The first-order valence-corrected chi connectivity index (χ1v) is 8.15. The molecule has 0 spiro atoms. The third-order valence-electron chi connectivity index (χ3n) is 3.26. The molecule has 0 amide bonds. The molecule has 2 rings (SSSR count). The number of likely N-dealkylation sites (N-methyl/N-ethyl adjacent to an activating group) is 1. The largest absolute Gasteiger partial charge is 1.00 e. The van der Waals surface area contributed by atoms with Gasteiger partial charge in [0.1, 0.15) is 0 Å². The normalized spacial score (nSPS) is 11.8. The van der Waals surface area contributed by atoms with Gasteiger partial charge in [0.05, 0.1) is 5.75 Å². The molecule has 1 N–H and O–H groups in total. The Morgan fingerprint density at radius 3 is 2.62 bits per heavy atom. The predicted molar refractivity (Wildman–Crippen MR) is 81.2 cm³/mol. The molecule has 1 heterocycles. The quantitative estimate of drug-likeness (QED) is 0.623. The summed E-state index contributed by atoms with van der Waals surface area (Å²) in [5.41, 5.74) is 2.87. The van der Waals surface area contributed by atoms with Gasteiger partial charge in [-0.05, 0) is 38.5 Å². The zero-order chi connectivity index (χ0) is 14.8. The number of nitrogens with zero attached hydrogens (tertiary/aromatic N) is 2. The number of benzene rings is 1. The number of hydrogen-bond acceptors (Lipinski definition) is 3. The van der Waals surface area contributed by atoms with Crippen molar-refractivity contribution in [3.05, 3.63) is 35.5 Å². The minimum atomic E-state index is -3.24. The van der Waals surface area contributed by atoms with Gasteiger partial charge in [0, 0.05) is 6.54 Å². The minimum Gasteiger partial charge on any atom is -0.663 e. The summed E-state index contributed by atoms with van der Waals surface area (Å²) < 4.78 is 25.6. The van der Waals surface area contributed by atoms with Crippen LogP contribution in [0.3, 0.4) is 0 Å². The molecule has 1 aromatic heterocycles. The first-order valence-electron chi connectivity index (χ1n) is 6.50. The van der Waals surface area contributed by atoms with Crippen LogP contribution >= 0.6 is 0 Å². The zero-order valence-corrected chi connectivity index (χ0v) is 15.9. The van der Waals surface area contributed by atoms with Crippen molar-refractivity contribution in [2.45, 2.75) is 12.2 Å². The molecule has 21 heavy (non-hydrogen) atoms. The topological polar surface area (TPSA) is 63.5 Å². The molecule has 0 bridgehead atoms. The van der Waals surface area contributed by atoms with Crippen molar-refractivity contribution in [2.24, 2.45) is 0 Å². The van der Waals surface area contributed by atoms with Crippen LogP contribution in [-0.4, -0.2) is 41.0 Å². The monoisotopic (exact) mass is 317 g/mol. The van der Waals surface area contributed by atoms with E-state index in [1.165, 1.54) is 7.05 Å². The van der Waals surface area contributed by atoms with Gasteiger partial charge < -0.3 is 9.88 Å². The molecule has 0 aliphatic heterocycles. The van der Waals surface area contributed by atoms with Crippen LogP contribution < -0.4 is 39.3 Å². The number of sulfonamides is 1. The predicted octanol–water partition coefficient (Wildman–Crippen LogP) is -2.05. The molecule has 0 fully saturated rings. The van der Waals surface area contributed by atoms with Gasteiger partial charge in [-0.2, -0.15) is 6.20 Å². The summed E-state index contributed by atoms with van der Waals surface area (Å²) in [6.07, 6.45) is 2.79. The van der Waals surface area contributed by atoms with Crippen LogP contribution in [0.4, 0.5) is 0 Å². The molecule has 0 aliphatic carbocycles. The van der Waals surface area contributed by atoms with E-state index in [9.17, 15) is 8.42 Å². The molecule has 0 saturated heterocycles. The fourth-order valence-electron chi connectivity index (χ4n) is 2.09. The summed E-state index contributed by atoms with van der Waals surface area (Å²) in [5.74, 6) is -0.00224. The second-order valence-corrected chi connectivity index (χ2v) is 7.08. The van der Waals surface area contributed by atoms with Crippen molar-refractivity contribution in [1.82, 2.24) is 14.6 Å². The fraction of sp³-hybridized carbons (Fsp3) is 0.429. The Morgan fingerprint density at radius 2 is 2.00 bits per heavy atom. The fourth-order valence-corrected chi connectivity index (χ4v) is 2.86. The molecule has 0 unspecified atom stereocenters. The molecule has 1 aromatic carbocycles. The van der Waals surface area contributed by atoms with Crippen LogP contribution in [0.15, 0.2) is 24.4 Å². The number of hydrogen-bond donors (Lipinski definition) is 1. The Bertz CT molecular complexity index is 695. The van der Waals surface area contributed by atoms with Gasteiger partial charge in [0.25, 0.3) is 0 Å². The van der Waals surface area contributed by atoms with Gasteiger partial charge >= 0.3 is 29.6 Å². The summed E-state index contributed by atoms with van der Waals surface area (Å²) in [7, 11) is 2.25. The Kier molecular flexibility index (Phi) is 6.90. The van der Waals surface area contributed by atoms with Gasteiger partial charge in [0.2, 0.25) is 10.0 Å². The molecule has 5 nitrogen and oxygen atoms in total. The second kappa shape index (κ2) is 7.76. The average Bonchev–Trinajstić information content (AvgIpc) is 2.78. The van der Waals surface area contributed by atoms with Crippen LogP contribution in [0, 0.1) is 0 Å². The zero-order valence-electron chi connectivity index (χ0n) is 13.0. The van der Waals surface area contributed by atoms with E-state index >= 15 is 0 Å². The van der Waals surface area contributed by atoms with E-state index in [-0.39, 0.29) is 35.3 Å². The van der Waals surface area contributed by atoms with E-state index in [2.05, 4.69) is 14.6 Å². The van der Waals surface area contributed by atoms with Gasteiger partial charge in [-0.15, -0.1) is 5.52 Å². The number of fused-ring (bicyclic) bond motifs is 1. The Balaban J connectivity index is 0.00000220. The summed E-state index contributed by atoms with van der Waals surface area (Å²) in [5, 5.41) is 1.05. The van der Waals surface area contributed by atoms with Crippen LogP contribution in [0.5, 0.6) is 0 Å². The van der Waals surface area contributed by atoms with Crippen molar-refractivity contribution in [3.8, 4) is 0 Å². The van der Waals surface area contributed by atoms with Crippen molar-refractivity contribution in [2.75, 3.05) is 27.7 Å². The van der Waals surface area contributed by atoms with E-state index in [1.54, 1.807) is 0 Å². The van der Waals surface area contributed by atoms with Crippen LogP contribution in [0.25, 0.3) is 10.9 Å². The second-order valence-electron chi connectivity index (χ2n) is 5.15. The van der Waals surface area contributed by atoms with E-state index in [4.69, 9.17) is 0 Å². The Labute approximate surface area is 148 Å². The van der Waals surface area contributed by atoms with Crippen molar-refractivity contribution >= 4 is 20.9 Å². The molecular formula is C14H20N3NaO2S. The number of rotatable bonds is 6. The van der Waals surface area contributed by atoms with E-state index < -0.39 is 10.0 Å². The Morgan fingerprint density at radius 1 is 1.29 bits per heavy atom. The van der Waals surface area contributed by atoms with Crippen molar-refractivity contribution < 1.29 is 38.0 Å². The number of aromatic nitrogens is 1. The van der Waals surface area contributed by atoms with Crippen LogP contribution in [0.1, 0.15) is 11.1 Å². The van der Waals surface area contributed by atoms with Crippen LogP contribution in [0.2, 0.25) is 0 Å². The average molecular weight is 317 g/mol. The molecule has 0 aliphatic rings. The summed E-state index contributed by atoms with van der Waals surface area (Å²) in [6.45, 7) is 0.944. The summed E-state index contributed by atoms with van der Waals surface area (Å²) in [6, 6.07) is 5.64. The first kappa shape index (κ1) is 18.7. The van der Waals surface area contributed by atoms with E-state index in [0.29, 0.717) is 0 Å². The SMILES string of the molecule is CNS(=O)(=O)Cc1ccc2[n-]cc(CCN(C)C)c2c1.[Na+]. The van der Waals surface area contributed by atoms with Gasteiger partial charge in [0.15, 0.2) is 0 Å². The van der Waals surface area contributed by atoms with Gasteiger partial charge in [-0.1, -0.05) is 23.8 Å². The molecule has 7 heteroatoms. The first-order chi connectivity index (χ1) is 9.41. The van der Waals surface area contributed by atoms with Gasteiger partial charge in [-0.3, -0.25) is 0 Å². The molecule has 0 radical (unpaired) electrons. The Hall–Kier alpha value is -0.370. The third-order valence-corrected chi connectivity index (χ3v) is 4.60. The standard InChI is InChI=1S/C14H20N3O2S.Na/c1-15-20(18,19)10-11-4-5-14-13(8-11)12(9-16-14)6-7-17(2)3;/h4-5,8-9,15H,6-7,10H2,1-3H3;/q-1;+1. The molecule has 0 atom stereocenters. The molecule has 110 valence electrons. The van der Waals surface area contributed by atoms with E-state index in [1.807, 2.05) is 38.5 Å². The van der Waals surface area contributed by atoms with Crippen molar-refractivity contribution in [3.63, 3.8) is 0 Å². The molecule has 0 saturated carbocycles. The van der Waals surface area contributed by atoms with Crippen LogP contribution in [-0.2, 0) is 22.2 Å². The maximum Gasteiger partial charge on any atom is 1.00 e. The third kappa shape index (κ3) is 5.09. The maximum absolute atomic E-state index is 11.6. The molecule has 2 aromatic rings. The number of nitrogens with one attached hydrogen (secondary N) is 1. The minimum absolute atomic E-state index is 0. The smallest absolute Gasteiger partial charge is 0.663 e.